The van der Waals surface area contributed by atoms with E-state index in [-0.39, 0.29) is 24.5 Å². The van der Waals surface area contributed by atoms with Gasteiger partial charge >= 0.3 is 5.97 Å². The van der Waals surface area contributed by atoms with E-state index in [2.05, 4.69) is 10.1 Å². The fraction of sp³-hybridized carbons (Fsp3) is 0.818. The number of likely N-dealkylation sites (N-methyl/N-ethyl adjacent to an activating group) is 1. The van der Waals surface area contributed by atoms with Crippen LogP contribution in [0, 0.1) is 0 Å². The molecule has 5 nitrogen and oxygen atoms in total. The quantitative estimate of drug-likeness (QED) is 0.657. The lowest BCUT2D eigenvalue weighted by molar-refractivity contribution is -0.143. The highest BCUT2D eigenvalue weighted by Gasteiger charge is 2.28. The van der Waals surface area contributed by atoms with Crippen LogP contribution in [0.1, 0.15) is 26.7 Å². The van der Waals surface area contributed by atoms with E-state index in [1.54, 1.807) is 4.90 Å². The number of amides is 1. The van der Waals surface area contributed by atoms with Crippen LogP contribution >= 0.6 is 0 Å². The minimum atomic E-state index is -0.312. The van der Waals surface area contributed by atoms with Gasteiger partial charge in [-0.1, -0.05) is 6.92 Å². The predicted octanol–water partition coefficient (Wildman–Crippen LogP) is 0.148. The van der Waals surface area contributed by atoms with Crippen molar-refractivity contribution in [1.82, 2.24) is 10.2 Å². The van der Waals surface area contributed by atoms with Gasteiger partial charge in [0, 0.05) is 6.04 Å². The number of carbonyl (C=O) groups excluding carboxylic acids is 2. The van der Waals surface area contributed by atoms with Crippen LogP contribution in [-0.2, 0) is 14.3 Å². The monoisotopic (exact) mass is 228 g/mol. The van der Waals surface area contributed by atoms with E-state index in [0.717, 1.165) is 12.8 Å². The summed E-state index contributed by atoms with van der Waals surface area (Å²) in [6, 6.07) is 0.0662. The lowest BCUT2D eigenvalue weighted by Gasteiger charge is -2.25. The molecule has 0 aromatic heterocycles. The van der Waals surface area contributed by atoms with Crippen LogP contribution in [0.4, 0.5) is 0 Å². The molecule has 1 unspecified atom stereocenters. The van der Waals surface area contributed by atoms with Crippen LogP contribution in [0.25, 0.3) is 0 Å². The molecule has 0 aromatic rings. The third kappa shape index (κ3) is 3.81. The van der Waals surface area contributed by atoms with Gasteiger partial charge in [0.05, 0.1) is 19.7 Å². The van der Waals surface area contributed by atoms with E-state index in [4.69, 9.17) is 0 Å². The van der Waals surface area contributed by atoms with Crippen molar-refractivity contribution in [3.63, 3.8) is 0 Å². The van der Waals surface area contributed by atoms with Crippen molar-refractivity contribution in [2.24, 2.45) is 0 Å². The smallest absolute Gasteiger partial charge is 0.319 e. The maximum Gasteiger partial charge on any atom is 0.319 e. The van der Waals surface area contributed by atoms with Gasteiger partial charge in [-0.05, 0) is 26.3 Å². The van der Waals surface area contributed by atoms with Crippen molar-refractivity contribution >= 4 is 11.9 Å². The van der Waals surface area contributed by atoms with Gasteiger partial charge in [0.1, 0.15) is 0 Å². The second-order valence-electron chi connectivity index (χ2n) is 4.10. The van der Waals surface area contributed by atoms with Gasteiger partial charge in [0.2, 0.25) is 5.91 Å². The first-order valence-corrected chi connectivity index (χ1v) is 5.69. The number of ether oxygens (including phenoxy) is 1. The summed E-state index contributed by atoms with van der Waals surface area (Å²) in [6.07, 6.45) is 2.14. The van der Waals surface area contributed by atoms with Gasteiger partial charge in [0.15, 0.2) is 0 Å². The van der Waals surface area contributed by atoms with Crippen LogP contribution in [0.15, 0.2) is 0 Å². The Hall–Kier alpha value is -1.10. The van der Waals surface area contributed by atoms with Crippen LogP contribution in [0.5, 0.6) is 0 Å². The molecule has 5 heteroatoms. The Kier molecular flexibility index (Phi) is 4.73. The summed E-state index contributed by atoms with van der Waals surface area (Å²) < 4.78 is 4.59. The summed E-state index contributed by atoms with van der Waals surface area (Å²) in [5.41, 5.74) is 0. The molecule has 1 saturated carbocycles. The molecule has 0 spiro atoms. The van der Waals surface area contributed by atoms with Crippen LogP contribution < -0.4 is 5.32 Å². The fourth-order valence-electron chi connectivity index (χ4n) is 1.47. The van der Waals surface area contributed by atoms with Crippen molar-refractivity contribution in [2.45, 2.75) is 38.8 Å². The third-order valence-corrected chi connectivity index (χ3v) is 2.82. The number of hydrogen-bond donors (Lipinski definition) is 1. The van der Waals surface area contributed by atoms with E-state index in [1.165, 1.54) is 7.11 Å². The van der Waals surface area contributed by atoms with Crippen molar-refractivity contribution in [2.75, 3.05) is 20.2 Å². The van der Waals surface area contributed by atoms with Crippen molar-refractivity contribution in [3.8, 4) is 0 Å². The van der Waals surface area contributed by atoms with E-state index in [9.17, 15) is 9.59 Å². The maximum atomic E-state index is 11.8. The predicted molar refractivity (Wildman–Crippen MR) is 59.9 cm³/mol. The zero-order chi connectivity index (χ0) is 12.1. The van der Waals surface area contributed by atoms with E-state index in [0.29, 0.717) is 12.6 Å². The first-order chi connectivity index (χ1) is 7.58. The first-order valence-electron chi connectivity index (χ1n) is 5.69. The van der Waals surface area contributed by atoms with Gasteiger partial charge < -0.3 is 10.1 Å². The summed E-state index contributed by atoms with van der Waals surface area (Å²) in [4.78, 5) is 24.7. The lowest BCUT2D eigenvalue weighted by Crippen LogP contribution is -2.47. The molecule has 0 heterocycles. The lowest BCUT2D eigenvalue weighted by atomic mass is 10.2. The van der Waals surface area contributed by atoms with E-state index >= 15 is 0 Å². The minimum absolute atomic E-state index is 0.00625. The molecule has 0 radical (unpaired) electrons. The molecule has 0 aromatic carbocycles. The number of esters is 1. The van der Waals surface area contributed by atoms with Gasteiger partial charge in [-0.25, -0.2) is 0 Å². The average molecular weight is 228 g/mol. The summed E-state index contributed by atoms with van der Waals surface area (Å²) in [5.74, 6) is -0.318. The average Bonchev–Trinajstić information content (AvgIpc) is 3.08. The highest BCUT2D eigenvalue weighted by Crippen LogP contribution is 2.19. The van der Waals surface area contributed by atoms with Crippen LogP contribution in [-0.4, -0.2) is 49.1 Å². The van der Waals surface area contributed by atoms with Gasteiger partial charge in [-0.15, -0.1) is 0 Å². The van der Waals surface area contributed by atoms with E-state index < -0.39 is 0 Å². The SMILES string of the molecule is CCN(CC(=O)OC)C(C)C(=O)NC1CC1. The highest BCUT2D eigenvalue weighted by atomic mass is 16.5. The standard InChI is InChI=1S/C11H20N2O3/c1-4-13(7-10(14)16-3)8(2)11(15)12-9-5-6-9/h8-9H,4-7H2,1-3H3,(H,12,15). The van der Waals surface area contributed by atoms with Gasteiger partial charge in [0.25, 0.3) is 0 Å². The number of hydrogen-bond acceptors (Lipinski definition) is 4. The topological polar surface area (TPSA) is 58.6 Å². The third-order valence-electron chi connectivity index (χ3n) is 2.82. The van der Waals surface area contributed by atoms with Crippen LogP contribution in [0.3, 0.4) is 0 Å². The molecule has 0 aliphatic heterocycles. The van der Waals surface area contributed by atoms with E-state index in [1.807, 2.05) is 13.8 Å². The summed E-state index contributed by atoms with van der Waals surface area (Å²) in [6.45, 7) is 4.54. The molecule has 1 rings (SSSR count). The Labute approximate surface area is 96.1 Å². The molecular formula is C11H20N2O3. The molecule has 1 amide bonds. The number of nitrogens with one attached hydrogen (secondary N) is 1. The molecule has 0 saturated heterocycles. The Morgan fingerprint density at radius 3 is 2.56 bits per heavy atom. The zero-order valence-electron chi connectivity index (χ0n) is 10.2. The number of methoxy groups -OCH3 is 1. The number of rotatable bonds is 6. The Balaban J connectivity index is 2.42. The first kappa shape index (κ1) is 13.0. The highest BCUT2D eigenvalue weighted by molar-refractivity contribution is 5.82. The van der Waals surface area contributed by atoms with Crippen molar-refractivity contribution in [1.29, 1.82) is 0 Å². The summed E-state index contributed by atoms with van der Waals surface area (Å²) in [7, 11) is 1.35. The summed E-state index contributed by atoms with van der Waals surface area (Å²) >= 11 is 0. The van der Waals surface area contributed by atoms with Crippen molar-refractivity contribution in [3.05, 3.63) is 0 Å². The molecule has 1 fully saturated rings. The molecule has 16 heavy (non-hydrogen) atoms. The largest absolute Gasteiger partial charge is 0.468 e. The molecule has 0 bridgehead atoms. The van der Waals surface area contributed by atoms with Crippen LogP contribution in [0.2, 0.25) is 0 Å². The molecular weight excluding hydrogens is 208 g/mol. The number of carbonyl (C=O) groups is 2. The Morgan fingerprint density at radius 1 is 1.50 bits per heavy atom. The maximum absolute atomic E-state index is 11.8. The van der Waals surface area contributed by atoms with Crippen molar-refractivity contribution < 1.29 is 14.3 Å². The molecule has 92 valence electrons. The Morgan fingerprint density at radius 2 is 2.12 bits per heavy atom. The molecule has 1 atom stereocenters. The summed E-state index contributed by atoms with van der Waals surface area (Å²) in [5, 5.41) is 2.93. The fourth-order valence-corrected chi connectivity index (χ4v) is 1.47. The molecule has 1 aliphatic carbocycles. The molecule has 1 N–H and O–H groups in total. The normalized spacial score (nSPS) is 17.0. The Bertz CT molecular complexity index is 264. The zero-order valence-corrected chi connectivity index (χ0v) is 10.2. The molecule has 1 aliphatic rings. The van der Waals surface area contributed by atoms with Gasteiger partial charge in [-0.3, -0.25) is 14.5 Å². The minimum Gasteiger partial charge on any atom is -0.468 e. The second kappa shape index (κ2) is 5.84. The number of nitrogens with zero attached hydrogens (tertiary/aromatic N) is 1. The van der Waals surface area contributed by atoms with Gasteiger partial charge in [-0.2, -0.15) is 0 Å². The second-order valence-corrected chi connectivity index (χ2v) is 4.10.